The number of hydrogen-bond acceptors (Lipinski definition) is 3. The highest BCUT2D eigenvalue weighted by Gasteiger charge is 2.12. The molecule has 0 saturated heterocycles. The Bertz CT molecular complexity index is 752. The van der Waals surface area contributed by atoms with Crippen LogP contribution in [0.15, 0.2) is 35.3 Å². The number of pyridine rings is 1. The second-order valence-corrected chi connectivity index (χ2v) is 4.58. The van der Waals surface area contributed by atoms with Gasteiger partial charge in [-0.1, -0.05) is 6.07 Å². The van der Waals surface area contributed by atoms with Gasteiger partial charge in [0.25, 0.3) is 0 Å². The molecule has 0 aliphatic heterocycles. The number of aromatic carboxylic acids is 1. The normalized spacial score (nSPS) is 10.4. The summed E-state index contributed by atoms with van der Waals surface area (Å²) in [4.78, 5) is 22.5. The average molecular weight is 291 g/mol. The number of nitrogens with zero attached hydrogens (tertiary/aromatic N) is 1. The predicted molar refractivity (Wildman–Crippen MR) is 74.5 cm³/mol. The molecule has 6 heteroatoms. The summed E-state index contributed by atoms with van der Waals surface area (Å²) in [7, 11) is 1.44. The topological polar surface area (TPSA) is 68.5 Å². The number of carboxylic acid groups (broad SMARTS) is 1. The minimum absolute atomic E-state index is 0.127. The fraction of sp³-hybridized carbons (Fsp3) is 0.200. The van der Waals surface area contributed by atoms with Crippen molar-refractivity contribution in [2.45, 2.75) is 13.5 Å². The van der Waals surface area contributed by atoms with Crippen LogP contribution in [0.1, 0.15) is 21.6 Å². The maximum Gasteiger partial charge on any atom is 0.341 e. The fourth-order valence-electron chi connectivity index (χ4n) is 1.97. The van der Waals surface area contributed by atoms with Crippen LogP contribution in [-0.2, 0) is 6.54 Å². The van der Waals surface area contributed by atoms with Gasteiger partial charge in [0, 0.05) is 29.6 Å². The van der Waals surface area contributed by atoms with Gasteiger partial charge in [-0.2, -0.15) is 0 Å². The van der Waals surface area contributed by atoms with E-state index in [1.165, 1.54) is 30.0 Å². The van der Waals surface area contributed by atoms with Crippen molar-refractivity contribution in [1.29, 1.82) is 0 Å². The third-order valence-electron chi connectivity index (χ3n) is 3.17. The number of halogens is 1. The molecule has 1 heterocycles. The van der Waals surface area contributed by atoms with Crippen molar-refractivity contribution < 1.29 is 19.0 Å². The number of carbonyl (C=O) groups is 1. The summed E-state index contributed by atoms with van der Waals surface area (Å²) in [5, 5.41) is 8.97. The van der Waals surface area contributed by atoms with Crippen LogP contribution in [0.5, 0.6) is 5.75 Å². The zero-order valence-electron chi connectivity index (χ0n) is 11.6. The number of hydrogen-bond donors (Lipinski definition) is 1. The van der Waals surface area contributed by atoms with E-state index in [-0.39, 0.29) is 12.1 Å². The molecule has 2 aromatic rings. The van der Waals surface area contributed by atoms with Crippen LogP contribution in [-0.4, -0.2) is 22.8 Å². The summed E-state index contributed by atoms with van der Waals surface area (Å²) in [6, 6.07) is 5.66. The number of benzene rings is 1. The van der Waals surface area contributed by atoms with Crippen LogP contribution in [0.4, 0.5) is 4.39 Å². The molecule has 0 bridgehead atoms. The lowest BCUT2D eigenvalue weighted by atomic mass is 10.1. The molecule has 0 unspecified atom stereocenters. The molecule has 0 radical (unpaired) electrons. The predicted octanol–water partition coefficient (Wildman–Crippen LogP) is 2.05. The van der Waals surface area contributed by atoms with Gasteiger partial charge in [0.1, 0.15) is 17.1 Å². The fourth-order valence-corrected chi connectivity index (χ4v) is 1.97. The van der Waals surface area contributed by atoms with Crippen LogP contribution in [0, 0.1) is 12.7 Å². The Morgan fingerprint density at radius 3 is 2.67 bits per heavy atom. The van der Waals surface area contributed by atoms with E-state index in [2.05, 4.69) is 0 Å². The largest absolute Gasteiger partial charge is 0.497 e. The summed E-state index contributed by atoms with van der Waals surface area (Å²) in [5.74, 6) is -1.35. The molecule has 0 aliphatic carbocycles. The summed E-state index contributed by atoms with van der Waals surface area (Å²) in [5.41, 5.74) is 0.0279. The summed E-state index contributed by atoms with van der Waals surface area (Å²) < 4.78 is 20.4. The van der Waals surface area contributed by atoms with Gasteiger partial charge in [-0.3, -0.25) is 4.79 Å². The van der Waals surface area contributed by atoms with E-state index >= 15 is 0 Å². The smallest absolute Gasteiger partial charge is 0.341 e. The van der Waals surface area contributed by atoms with Gasteiger partial charge in [0.2, 0.25) is 0 Å². The van der Waals surface area contributed by atoms with Gasteiger partial charge >= 0.3 is 5.97 Å². The Kier molecular flexibility index (Phi) is 4.07. The van der Waals surface area contributed by atoms with Crippen LogP contribution >= 0.6 is 0 Å². The quantitative estimate of drug-likeness (QED) is 0.936. The second kappa shape index (κ2) is 5.78. The number of ether oxygens (including phenoxy) is 1. The average Bonchev–Trinajstić information content (AvgIpc) is 2.43. The third-order valence-corrected chi connectivity index (χ3v) is 3.17. The lowest BCUT2D eigenvalue weighted by molar-refractivity contribution is 0.0694. The van der Waals surface area contributed by atoms with Crippen molar-refractivity contribution in [1.82, 2.24) is 4.57 Å². The first kappa shape index (κ1) is 14.8. The Labute approximate surface area is 120 Å². The van der Waals surface area contributed by atoms with E-state index < -0.39 is 17.2 Å². The number of carboxylic acids is 1. The molecule has 5 nitrogen and oxygen atoms in total. The van der Waals surface area contributed by atoms with Gasteiger partial charge < -0.3 is 14.4 Å². The van der Waals surface area contributed by atoms with Crippen molar-refractivity contribution in [3.63, 3.8) is 0 Å². The molecule has 0 saturated carbocycles. The maximum absolute atomic E-state index is 13.9. The molecule has 0 atom stereocenters. The molecule has 21 heavy (non-hydrogen) atoms. The molecule has 0 amide bonds. The van der Waals surface area contributed by atoms with Gasteiger partial charge in [-0.15, -0.1) is 0 Å². The highest BCUT2D eigenvalue weighted by atomic mass is 19.1. The van der Waals surface area contributed by atoms with E-state index in [0.29, 0.717) is 17.0 Å². The zero-order valence-corrected chi connectivity index (χ0v) is 11.6. The molecule has 0 fully saturated rings. The summed E-state index contributed by atoms with van der Waals surface area (Å²) >= 11 is 0. The van der Waals surface area contributed by atoms with Crippen molar-refractivity contribution in [3.05, 3.63) is 63.3 Å². The van der Waals surface area contributed by atoms with E-state index in [9.17, 15) is 14.0 Å². The monoisotopic (exact) mass is 291 g/mol. The first-order valence-corrected chi connectivity index (χ1v) is 6.19. The Balaban J connectivity index is 2.42. The highest BCUT2D eigenvalue weighted by Crippen LogP contribution is 2.17. The molecule has 1 aromatic carbocycles. The second-order valence-electron chi connectivity index (χ2n) is 4.58. The van der Waals surface area contributed by atoms with E-state index in [0.717, 1.165) is 0 Å². The third kappa shape index (κ3) is 3.10. The van der Waals surface area contributed by atoms with Crippen LogP contribution in [0.25, 0.3) is 0 Å². The molecular weight excluding hydrogens is 277 g/mol. The lowest BCUT2D eigenvalue weighted by Gasteiger charge is -2.12. The molecule has 0 aliphatic rings. The lowest BCUT2D eigenvalue weighted by Crippen LogP contribution is -2.19. The van der Waals surface area contributed by atoms with Gasteiger partial charge in [0.15, 0.2) is 5.43 Å². The Hall–Kier alpha value is -2.63. The van der Waals surface area contributed by atoms with Gasteiger partial charge in [-0.05, 0) is 13.0 Å². The minimum atomic E-state index is -1.30. The summed E-state index contributed by atoms with van der Waals surface area (Å²) in [6.07, 6.45) is 1.23. The standard InChI is InChI=1S/C15H14FNO4/c1-9-5-14(18)12(15(19)20)8-17(9)7-10-3-4-11(21-2)6-13(10)16/h3-6,8H,7H2,1-2H3,(H,19,20). The SMILES string of the molecule is COc1ccc(Cn2cc(C(=O)O)c(=O)cc2C)c(F)c1. The molecule has 2 rings (SSSR count). The van der Waals surface area contributed by atoms with E-state index in [1.807, 2.05) is 0 Å². The molecule has 0 spiro atoms. The highest BCUT2D eigenvalue weighted by molar-refractivity contribution is 5.87. The first-order valence-electron chi connectivity index (χ1n) is 6.19. The van der Waals surface area contributed by atoms with Gasteiger partial charge in [0.05, 0.1) is 13.7 Å². The Morgan fingerprint density at radius 2 is 2.10 bits per heavy atom. The zero-order chi connectivity index (χ0) is 15.6. The van der Waals surface area contributed by atoms with Crippen molar-refractivity contribution in [2.24, 2.45) is 0 Å². The summed E-state index contributed by atoms with van der Waals surface area (Å²) in [6.45, 7) is 1.79. The number of methoxy groups -OCH3 is 1. The maximum atomic E-state index is 13.9. The molecule has 1 N–H and O–H groups in total. The van der Waals surface area contributed by atoms with Crippen molar-refractivity contribution >= 4 is 5.97 Å². The number of aromatic nitrogens is 1. The van der Waals surface area contributed by atoms with Crippen LogP contribution in [0.3, 0.4) is 0 Å². The van der Waals surface area contributed by atoms with E-state index in [4.69, 9.17) is 9.84 Å². The molecule has 1 aromatic heterocycles. The van der Waals surface area contributed by atoms with Crippen LogP contribution < -0.4 is 10.2 Å². The minimum Gasteiger partial charge on any atom is -0.497 e. The van der Waals surface area contributed by atoms with Crippen molar-refractivity contribution in [3.8, 4) is 5.75 Å². The van der Waals surface area contributed by atoms with Gasteiger partial charge in [-0.25, -0.2) is 9.18 Å². The number of aryl methyl sites for hydroxylation is 1. The van der Waals surface area contributed by atoms with Crippen molar-refractivity contribution in [2.75, 3.05) is 7.11 Å². The van der Waals surface area contributed by atoms with E-state index in [1.54, 1.807) is 19.1 Å². The van der Waals surface area contributed by atoms with Crippen LogP contribution in [0.2, 0.25) is 0 Å². The molecular formula is C15H14FNO4. The number of rotatable bonds is 4. The molecule has 110 valence electrons. The first-order chi connectivity index (χ1) is 9.92. The Morgan fingerprint density at radius 1 is 1.38 bits per heavy atom.